The van der Waals surface area contributed by atoms with E-state index in [-0.39, 0.29) is 18.6 Å². The summed E-state index contributed by atoms with van der Waals surface area (Å²) in [7, 11) is 0. The van der Waals surface area contributed by atoms with E-state index in [2.05, 4.69) is 25.1 Å². The topological polar surface area (TPSA) is 55.4 Å². The van der Waals surface area contributed by atoms with Crippen molar-refractivity contribution in [3.63, 3.8) is 0 Å². The second-order valence-corrected chi connectivity index (χ2v) is 6.67. The van der Waals surface area contributed by atoms with E-state index in [9.17, 15) is 18.4 Å². The zero-order valence-electron chi connectivity index (χ0n) is 16.3. The fourth-order valence-electron chi connectivity index (χ4n) is 2.40. The average molecular weight is 391 g/mol. The lowest BCUT2D eigenvalue weighted by atomic mass is 10.0. The number of terminal acetylenes is 1. The normalized spacial score (nSPS) is 13.0. The van der Waals surface area contributed by atoms with Crippen molar-refractivity contribution >= 4 is 11.9 Å². The van der Waals surface area contributed by atoms with Crippen LogP contribution in [0.15, 0.2) is 30.4 Å². The predicted octanol–water partition coefficient (Wildman–Crippen LogP) is 3.94. The van der Waals surface area contributed by atoms with Crippen molar-refractivity contribution < 1.29 is 23.1 Å². The van der Waals surface area contributed by atoms with E-state index in [1.165, 1.54) is 6.08 Å². The van der Waals surface area contributed by atoms with E-state index < -0.39 is 29.6 Å². The Hall–Kier alpha value is -2.68. The molecule has 4 nitrogen and oxygen atoms in total. The summed E-state index contributed by atoms with van der Waals surface area (Å²) >= 11 is 0. The van der Waals surface area contributed by atoms with E-state index in [1.807, 2.05) is 0 Å². The van der Waals surface area contributed by atoms with Gasteiger partial charge in [-0.05, 0) is 42.5 Å². The summed E-state index contributed by atoms with van der Waals surface area (Å²) in [4.78, 5) is 24.5. The first-order chi connectivity index (χ1) is 13.3. The second-order valence-electron chi connectivity index (χ2n) is 6.67. The third-order valence-electron chi connectivity index (χ3n) is 4.18. The zero-order valence-corrected chi connectivity index (χ0v) is 16.3. The molecule has 0 aliphatic rings. The number of halogens is 2. The van der Waals surface area contributed by atoms with Crippen LogP contribution in [0.25, 0.3) is 0 Å². The summed E-state index contributed by atoms with van der Waals surface area (Å²) in [5.41, 5.74) is 0.243. The first kappa shape index (κ1) is 23.4. The lowest BCUT2D eigenvalue weighted by Crippen LogP contribution is -2.42. The van der Waals surface area contributed by atoms with Gasteiger partial charge in [0, 0.05) is 18.9 Å². The molecule has 2 atom stereocenters. The molecule has 6 heteroatoms. The number of ether oxygens (including phenoxy) is 1. The van der Waals surface area contributed by atoms with Gasteiger partial charge in [0.2, 0.25) is 5.91 Å². The van der Waals surface area contributed by atoms with Crippen LogP contribution in [0, 0.1) is 29.9 Å². The summed E-state index contributed by atoms with van der Waals surface area (Å²) in [6.07, 6.45) is 10.8. The summed E-state index contributed by atoms with van der Waals surface area (Å²) in [5, 5.41) is 2.55. The number of allylic oxidation sites excluding steroid dienone is 1. The lowest BCUT2D eigenvalue weighted by molar-refractivity contribution is -0.147. The van der Waals surface area contributed by atoms with Gasteiger partial charge in [-0.2, -0.15) is 0 Å². The number of rotatable bonds is 11. The molecule has 0 radical (unpaired) electrons. The lowest BCUT2D eigenvalue weighted by Gasteiger charge is -2.17. The van der Waals surface area contributed by atoms with Crippen LogP contribution < -0.4 is 5.32 Å². The van der Waals surface area contributed by atoms with Gasteiger partial charge in [0.1, 0.15) is 17.7 Å². The Morgan fingerprint density at radius 2 is 1.96 bits per heavy atom. The van der Waals surface area contributed by atoms with Crippen molar-refractivity contribution in [3.8, 4) is 12.3 Å². The smallest absolute Gasteiger partial charge is 0.328 e. The molecular weight excluding hydrogens is 364 g/mol. The summed E-state index contributed by atoms with van der Waals surface area (Å²) in [6, 6.07) is 1.92. The Morgan fingerprint density at radius 1 is 1.29 bits per heavy atom. The second kappa shape index (κ2) is 12.7. The highest BCUT2D eigenvalue weighted by Crippen LogP contribution is 2.12. The molecule has 28 heavy (non-hydrogen) atoms. The molecule has 1 unspecified atom stereocenters. The summed E-state index contributed by atoms with van der Waals surface area (Å²) in [5.74, 6) is 0.230. The van der Waals surface area contributed by atoms with Crippen LogP contribution in [0.2, 0.25) is 0 Å². The van der Waals surface area contributed by atoms with Gasteiger partial charge in [0.05, 0.1) is 6.61 Å². The molecule has 0 bridgehead atoms. The molecule has 1 rings (SSSR count). The van der Waals surface area contributed by atoms with Gasteiger partial charge in [0.25, 0.3) is 0 Å². The van der Waals surface area contributed by atoms with Crippen molar-refractivity contribution in [1.29, 1.82) is 0 Å². The molecule has 0 aliphatic carbocycles. The van der Waals surface area contributed by atoms with Gasteiger partial charge in [-0.1, -0.05) is 26.3 Å². The average Bonchev–Trinajstić information content (AvgIpc) is 2.63. The summed E-state index contributed by atoms with van der Waals surface area (Å²) < 4.78 is 32.0. The predicted molar refractivity (Wildman–Crippen MR) is 104 cm³/mol. The third kappa shape index (κ3) is 9.31. The van der Waals surface area contributed by atoms with Crippen LogP contribution in [-0.4, -0.2) is 24.5 Å². The largest absolute Gasteiger partial charge is 0.464 e. The van der Waals surface area contributed by atoms with Crippen LogP contribution in [-0.2, 0) is 20.7 Å². The number of hydrogen-bond donors (Lipinski definition) is 1. The SMILES string of the molecule is C#CCCCOC(=O)[C@H](Cc1cc(F)cc(F)c1)NC(=O)/C=C/CC(C)CC. The van der Waals surface area contributed by atoms with Gasteiger partial charge < -0.3 is 10.1 Å². The molecule has 0 fully saturated rings. The van der Waals surface area contributed by atoms with Gasteiger partial charge in [-0.15, -0.1) is 12.3 Å². The Labute approximate surface area is 165 Å². The summed E-state index contributed by atoms with van der Waals surface area (Å²) in [6.45, 7) is 4.23. The molecule has 0 saturated heterocycles. The van der Waals surface area contributed by atoms with Crippen LogP contribution >= 0.6 is 0 Å². The number of carbonyl (C=O) groups excluding carboxylic acids is 2. The minimum absolute atomic E-state index is 0.0897. The Bertz CT molecular complexity index is 705. The first-order valence-corrected chi connectivity index (χ1v) is 9.37. The van der Waals surface area contributed by atoms with Crippen LogP contribution in [0.1, 0.15) is 45.1 Å². The zero-order chi connectivity index (χ0) is 20.9. The molecule has 1 amide bonds. The number of nitrogens with one attached hydrogen (secondary N) is 1. The minimum Gasteiger partial charge on any atom is -0.464 e. The highest BCUT2D eigenvalue weighted by atomic mass is 19.1. The Kier molecular flexibility index (Phi) is 10.6. The highest BCUT2D eigenvalue weighted by Gasteiger charge is 2.22. The van der Waals surface area contributed by atoms with Gasteiger partial charge in [-0.3, -0.25) is 4.79 Å². The molecular formula is C22H27F2NO3. The molecule has 152 valence electrons. The quantitative estimate of drug-likeness (QED) is 0.269. The molecule has 1 N–H and O–H groups in total. The van der Waals surface area contributed by atoms with Crippen LogP contribution in [0.5, 0.6) is 0 Å². The molecule has 0 spiro atoms. The van der Waals surface area contributed by atoms with Gasteiger partial charge >= 0.3 is 5.97 Å². The minimum atomic E-state index is -1.06. The van der Waals surface area contributed by atoms with Crippen molar-refractivity contribution in [1.82, 2.24) is 5.32 Å². The van der Waals surface area contributed by atoms with Crippen molar-refractivity contribution in [3.05, 3.63) is 47.5 Å². The molecule has 0 saturated carbocycles. The van der Waals surface area contributed by atoms with E-state index in [4.69, 9.17) is 11.2 Å². The molecule has 0 heterocycles. The molecule has 0 aromatic heterocycles. The number of carbonyl (C=O) groups is 2. The third-order valence-corrected chi connectivity index (χ3v) is 4.18. The number of esters is 1. The molecule has 1 aromatic carbocycles. The maximum Gasteiger partial charge on any atom is 0.328 e. The molecule has 0 aliphatic heterocycles. The van der Waals surface area contributed by atoms with Crippen molar-refractivity contribution in [2.24, 2.45) is 5.92 Å². The molecule has 1 aromatic rings. The van der Waals surface area contributed by atoms with Crippen LogP contribution in [0.3, 0.4) is 0 Å². The maximum absolute atomic E-state index is 13.4. The maximum atomic E-state index is 13.4. The number of hydrogen-bond acceptors (Lipinski definition) is 3. The fraction of sp³-hybridized carbons (Fsp3) is 0.455. The standard InChI is InChI=1S/C22H27F2NO3/c1-4-6-7-11-28-22(27)20(14-17-12-18(23)15-19(24)13-17)25-21(26)10-8-9-16(3)5-2/h1,8,10,12-13,15-16,20H,5-7,9,11,14H2,2-3H3,(H,25,26)/b10-8+/t16?,20-/m0/s1. The van der Waals surface area contributed by atoms with E-state index in [0.717, 1.165) is 31.0 Å². The highest BCUT2D eigenvalue weighted by molar-refractivity contribution is 5.91. The van der Waals surface area contributed by atoms with Crippen LogP contribution in [0.4, 0.5) is 8.78 Å². The van der Waals surface area contributed by atoms with Gasteiger partial charge in [0.15, 0.2) is 0 Å². The van der Waals surface area contributed by atoms with Crippen molar-refractivity contribution in [2.75, 3.05) is 6.61 Å². The van der Waals surface area contributed by atoms with E-state index in [0.29, 0.717) is 18.8 Å². The van der Waals surface area contributed by atoms with Gasteiger partial charge in [-0.25, -0.2) is 13.6 Å². The monoisotopic (exact) mass is 391 g/mol. The number of unbranched alkanes of at least 4 members (excludes halogenated alkanes) is 1. The van der Waals surface area contributed by atoms with E-state index in [1.54, 1.807) is 6.08 Å². The Morgan fingerprint density at radius 3 is 2.57 bits per heavy atom. The number of benzene rings is 1. The van der Waals surface area contributed by atoms with E-state index >= 15 is 0 Å². The first-order valence-electron chi connectivity index (χ1n) is 9.37. The number of amides is 1. The Balaban J connectivity index is 2.80. The fourth-order valence-corrected chi connectivity index (χ4v) is 2.40. The van der Waals surface area contributed by atoms with Crippen molar-refractivity contribution in [2.45, 2.75) is 52.0 Å².